The molecule has 0 saturated heterocycles. The molecule has 1 amide bonds. The summed E-state index contributed by atoms with van der Waals surface area (Å²) in [6.07, 6.45) is 5.83. The van der Waals surface area contributed by atoms with Gasteiger partial charge in [0, 0.05) is 36.4 Å². The zero-order chi connectivity index (χ0) is 21.2. The third kappa shape index (κ3) is 4.78. The van der Waals surface area contributed by atoms with Crippen LogP contribution in [0.1, 0.15) is 36.3 Å². The number of pyridine rings is 1. The summed E-state index contributed by atoms with van der Waals surface area (Å²) in [6, 6.07) is 9.39. The van der Waals surface area contributed by atoms with Crippen molar-refractivity contribution in [3.63, 3.8) is 0 Å². The molecule has 0 bridgehead atoms. The molecule has 2 atom stereocenters. The molecule has 0 spiro atoms. The van der Waals surface area contributed by atoms with Gasteiger partial charge in [0.25, 0.3) is 10.0 Å². The molecular formula is C20H19F2N3O3S. The molecule has 1 heterocycles. The highest BCUT2D eigenvalue weighted by Crippen LogP contribution is 2.46. The first kappa shape index (κ1) is 20.9. The van der Waals surface area contributed by atoms with Crippen molar-refractivity contribution in [2.24, 2.45) is 11.1 Å². The number of nitrogens with zero attached hydrogens (tertiary/aromatic N) is 1. The minimum atomic E-state index is -4.07. The Morgan fingerprint density at radius 3 is 2.72 bits per heavy atom. The van der Waals surface area contributed by atoms with Gasteiger partial charge in [0.1, 0.15) is 0 Å². The Bertz CT molecular complexity index is 1080. The number of alkyl halides is 2. The lowest BCUT2D eigenvalue weighted by atomic mass is 9.72. The molecule has 152 valence electrons. The molecule has 1 fully saturated rings. The summed E-state index contributed by atoms with van der Waals surface area (Å²) in [5, 5.41) is 7.13. The van der Waals surface area contributed by atoms with E-state index in [1.807, 2.05) is 0 Å². The van der Waals surface area contributed by atoms with Gasteiger partial charge >= 0.3 is 0 Å². The molecule has 0 aliphatic heterocycles. The lowest BCUT2D eigenvalue weighted by Crippen LogP contribution is -2.38. The molecule has 2 aromatic rings. The lowest BCUT2D eigenvalue weighted by Gasteiger charge is -2.36. The summed E-state index contributed by atoms with van der Waals surface area (Å²) in [6.45, 7) is 0. The van der Waals surface area contributed by atoms with Crippen LogP contribution >= 0.6 is 0 Å². The third-order valence-electron chi connectivity index (χ3n) is 4.97. The van der Waals surface area contributed by atoms with Crippen LogP contribution in [0.4, 0.5) is 14.5 Å². The molecule has 3 N–H and O–H groups in total. The Balaban J connectivity index is 1.92. The molecule has 1 saturated carbocycles. The normalized spacial score (nSPS) is 21.2. The Hall–Kier alpha value is -2.83. The van der Waals surface area contributed by atoms with Gasteiger partial charge in [-0.15, -0.1) is 6.42 Å². The number of nitrogens with one attached hydrogen (secondary N) is 1. The lowest BCUT2D eigenvalue weighted by molar-refractivity contribution is -0.128. The van der Waals surface area contributed by atoms with Crippen molar-refractivity contribution in [2.45, 2.75) is 36.1 Å². The Labute approximate surface area is 167 Å². The van der Waals surface area contributed by atoms with Crippen molar-refractivity contribution in [2.75, 3.05) is 5.32 Å². The predicted molar refractivity (Wildman–Crippen MR) is 104 cm³/mol. The first-order valence-corrected chi connectivity index (χ1v) is 10.4. The molecule has 0 radical (unpaired) electrons. The first-order valence-electron chi connectivity index (χ1n) is 8.84. The van der Waals surface area contributed by atoms with E-state index in [0.717, 1.165) is 12.3 Å². The smallest absolute Gasteiger partial charge is 0.255 e. The van der Waals surface area contributed by atoms with E-state index >= 15 is 0 Å². The second-order valence-electron chi connectivity index (χ2n) is 6.96. The first-order chi connectivity index (χ1) is 13.6. The number of nitrogens with two attached hydrogens (primary N) is 1. The van der Waals surface area contributed by atoms with Crippen LogP contribution in [-0.2, 0) is 14.8 Å². The maximum Gasteiger partial charge on any atom is 0.255 e. The number of amides is 1. The standard InChI is InChI=1S/C20H19F2N3O3S/c1-2-13-5-3-4-6-15(13)16-7-9-20(21,22)12-17(16)19(26)25-14-8-10-24-18(11-14)29(23,27)28/h1,3-6,8,10-11,16-17H,7,9,12H2,(H2,23,27,28)(H,24,25,26). The van der Waals surface area contributed by atoms with Crippen LogP contribution in [0.3, 0.4) is 0 Å². The van der Waals surface area contributed by atoms with Crippen molar-refractivity contribution in [1.82, 2.24) is 4.98 Å². The number of hydrogen-bond donors (Lipinski definition) is 2. The van der Waals surface area contributed by atoms with E-state index in [9.17, 15) is 22.0 Å². The molecule has 1 aliphatic rings. The van der Waals surface area contributed by atoms with Crippen molar-refractivity contribution < 1.29 is 22.0 Å². The fraction of sp³-hybridized carbons (Fsp3) is 0.300. The van der Waals surface area contributed by atoms with Crippen molar-refractivity contribution in [3.05, 3.63) is 53.7 Å². The van der Waals surface area contributed by atoms with E-state index in [0.29, 0.717) is 11.1 Å². The third-order valence-corrected chi connectivity index (χ3v) is 5.78. The van der Waals surface area contributed by atoms with Crippen LogP contribution in [0.15, 0.2) is 47.6 Å². The van der Waals surface area contributed by atoms with E-state index in [-0.39, 0.29) is 18.5 Å². The number of anilines is 1. The highest BCUT2D eigenvalue weighted by molar-refractivity contribution is 7.89. The highest BCUT2D eigenvalue weighted by Gasteiger charge is 2.45. The van der Waals surface area contributed by atoms with Crippen molar-refractivity contribution in [3.8, 4) is 12.3 Å². The largest absolute Gasteiger partial charge is 0.326 e. The van der Waals surface area contributed by atoms with Crippen molar-refractivity contribution in [1.29, 1.82) is 0 Å². The Kier molecular flexibility index (Phi) is 5.68. The number of carbonyl (C=O) groups excluding carboxylic acids is 1. The summed E-state index contributed by atoms with van der Waals surface area (Å²) in [5.41, 5.74) is 1.33. The maximum absolute atomic E-state index is 14.1. The Morgan fingerprint density at radius 2 is 2.03 bits per heavy atom. The van der Waals surface area contributed by atoms with Crippen LogP contribution in [-0.4, -0.2) is 25.2 Å². The van der Waals surface area contributed by atoms with Gasteiger partial charge in [-0.05, 0) is 30.0 Å². The average Bonchev–Trinajstić information content (AvgIpc) is 2.67. The summed E-state index contributed by atoms with van der Waals surface area (Å²) in [7, 11) is -4.07. The molecule has 3 rings (SSSR count). The second-order valence-corrected chi connectivity index (χ2v) is 8.47. The van der Waals surface area contributed by atoms with Gasteiger partial charge in [0.2, 0.25) is 11.8 Å². The molecule has 9 heteroatoms. The van der Waals surface area contributed by atoms with E-state index in [4.69, 9.17) is 11.6 Å². The van der Waals surface area contributed by atoms with Gasteiger partial charge in [-0.3, -0.25) is 4.79 Å². The predicted octanol–water partition coefficient (Wildman–Crippen LogP) is 2.87. The minimum absolute atomic E-state index is 0.0998. The van der Waals surface area contributed by atoms with E-state index in [1.165, 1.54) is 6.07 Å². The molecule has 1 aromatic heterocycles. The molecule has 1 aliphatic carbocycles. The SMILES string of the molecule is C#Cc1ccccc1C1CCC(F)(F)CC1C(=O)Nc1ccnc(S(N)(=O)=O)c1. The number of terminal acetylenes is 1. The molecule has 6 nitrogen and oxygen atoms in total. The number of rotatable bonds is 4. The van der Waals surface area contributed by atoms with Crippen LogP contribution in [0, 0.1) is 18.3 Å². The fourth-order valence-corrected chi connectivity index (χ4v) is 4.11. The van der Waals surface area contributed by atoms with E-state index < -0.39 is 45.1 Å². The van der Waals surface area contributed by atoms with Gasteiger partial charge in [0.05, 0.1) is 5.92 Å². The minimum Gasteiger partial charge on any atom is -0.326 e. The summed E-state index contributed by atoms with van der Waals surface area (Å²) < 4.78 is 51.1. The molecule has 1 aromatic carbocycles. The molecule has 29 heavy (non-hydrogen) atoms. The maximum atomic E-state index is 14.1. The van der Waals surface area contributed by atoms with Gasteiger partial charge < -0.3 is 5.32 Å². The molecule has 2 unspecified atom stereocenters. The number of benzene rings is 1. The topological polar surface area (TPSA) is 102 Å². The van der Waals surface area contributed by atoms with Crippen LogP contribution in [0.25, 0.3) is 0 Å². The number of carbonyl (C=O) groups is 1. The average molecular weight is 419 g/mol. The monoisotopic (exact) mass is 419 g/mol. The number of hydrogen-bond acceptors (Lipinski definition) is 4. The number of aromatic nitrogens is 1. The number of halogens is 2. The second kappa shape index (κ2) is 7.89. The van der Waals surface area contributed by atoms with E-state index in [2.05, 4.69) is 16.2 Å². The van der Waals surface area contributed by atoms with Gasteiger partial charge in [0.15, 0.2) is 5.03 Å². The van der Waals surface area contributed by atoms with Crippen LogP contribution in [0.5, 0.6) is 0 Å². The van der Waals surface area contributed by atoms with Gasteiger partial charge in [-0.1, -0.05) is 24.1 Å². The number of primary sulfonamides is 1. The Morgan fingerprint density at radius 1 is 1.31 bits per heavy atom. The number of sulfonamides is 1. The zero-order valence-electron chi connectivity index (χ0n) is 15.3. The van der Waals surface area contributed by atoms with E-state index in [1.54, 1.807) is 24.3 Å². The summed E-state index contributed by atoms with van der Waals surface area (Å²) in [5.74, 6) is -2.61. The summed E-state index contributed by atoms with van der Waals surface area (Å²) in [4.78, 5) is 16.5. The fourth-order valence-electron chi connectivity index (χ4n) is 3.61. The summed E-state index contributed by atoms with van der Waals surface area (Å²) >= 11 is 0. The van der Waals surface area contributed by atoms with Gasteiger partial charge in [-0.2, -0.15) is 0 Å². The highest BCUT2D eigenvalue weighted by atomic mass is 32.2. The van der Waals surface area contributed by atoms with Gasteiger partial charge in [-0.25, -0.2) is 27.3 Å². The zero-order valence-corrected chi connectivity index (χ0v) is 16.1. The van der Waals surface area contributed by atoms with Crippen molar-refractivity contribution >= 4 is 21.6 Å². The quantitative estimate of drug-likeness (QED) is 0.744. The van der Waals surface area contributed by atoms with Crippen LogP contribution < -0.4 is 10.5 Å². The molecular weight excluding hydrogens is 400 g/mol. The van der Waals surface area contributed by atoms with Crippen LogP contribution in [0.2, 0.25) is 0 Å².